The molecule has 1 amide bonds. The van der Waals surface area contributed by atoms with Crippen LogP contribution in [-0.4, -0.2) is 18.3 Å². The predicted molar refractivity (Wildman–Crippen MR) is 68.7 cm³/mol. The zero-order valence-corrected chi connectivity index (χ0v) is 11.7. The number of hydrogen-bond acceptors (Lipinski definition) is 3. The molecule has 1 N–H and O–H groups in total. The summed E-state index contributed by atoms with van der Waals surface area (Å²) in [5.74, 6) is 0. The third kappa shape index (κ3) is 13.2. The van der Waals surface area contributed by atoms with E-state index in [9.17, 15) is 4.79 Å². The number of nitrogens with one attached hydrogen (secondary N) is 1. The molecule has 0 spiro atoms. The van der Waals surface area contributed by atoms with Gasteiger partial charge in [0.15, 0.2) is 0 Å². The van der Waals surface area contributed by atoms with Crippen LogP contribution >= 0.6 is 0 Å². The molecule has 0 aromatic heterocycles. The van der Waals surface area contributed by atoms with Crippen LogP contribution in [0.3, 0.4) is 0 Å². The summed E-state index contributed by atoms with van der Waals surface area (Å²) in [6, 6.07) is 0. The Hall–Kier alpha value is -0.770. The van der Waals surface area contributed by atoms with Gasteiger partial charge in [0.25, 0.3) is 0 Å². The first kappa shape index (κ1) is 16.2. The highest BCUT2D eigenvalue weighted by molar-refractivity contribution is 5.66. The number of carbonyl (C=O) groups is 1. The number of hydroxylamine groups is 1. The normalized spacial score (nSPS) is 11.3. The second-order valence-electron chi connectivity index (χ2n) is 5.22. The second-order valence-corrected chi connectivity index (χ2v) is 5.22. The maximum Gasteiger partial charge on any atom is 0.431 e. The average molecular weight is 245 g/mol. The molecule has 0 aliphatic rings. The number of rotatable bonds is 8. The standard InChI is InChI=1S/C13H27NO3/c1-5-6-7-8-9-10-11-16-14-12(15)17-13(2,3)4/h5-11H2,1-4H3,(H,14,15). The van der Waals surface area contributed by atoms with E-state index < -0.39 is 11.7 Å². The summed E-state index contributed by atoms with van der Waals surface area (Å²) in [5, 5.41) is 0. The largest absolute Gasteiger partial charge is 0.442 e. The van der Waals surface area contributed by atoms with E-state index >= 15 is 0 Å². The van der Waals surface area contributed by atoms with Gasteiger partial charge in [0.2, 0.25) is 0 Å². The third-order valence-electron chi connectivity index (χ3n) is 2.15. The lowest BCUT2D eigenvalue weighted by Gasteiger charge is -2.19. The fraction of sp³-hybridized carbons (Fsp3) is 0.923. The maximum atomic E-state index is 11.2. The summed E-state index contributed by atoms with van der Waals surface area (Å²) in [7, 11) is 0. The highest BCUT2D eigenvalue weighted by Crippen LogP contribution is 2.07. The van der Waals surface area contributed by atoms with Crippen LogP contribution in [0, 0.1) is 0 Å². The van der Waals surface area contributed by atoms with Gasteiger partial charge in [-0.3, -0.25) is 4.84 Å². The number of hydrogen-bond donors (Lipinski definition) is 1. The molecule has 0 unspecified atom stereocenters. The molecule has 0 atom stereocenters. The Bertz CT molecular complexity index is 199. The zero-order valence-electron chi connectivity index (χ0n) is 11.7. The highest BCUT2D eigenvalue weighted by Gasteiger charge is 2.15. The molecule has 0 aliphatic heterocycles. The van der Waals surface area contributed by atoms with Crippen molar-refractivity contribution in [1.82, 2.24) is 5.48 Å². The fourth-order valence-corrected chi connectivity index (χ4v) is 1.36. The average Bonchev–Trinajstić information content (AvgIpc) is 2.19. The lowest BCUT2D eigenvalue weighted by Crippen LogP contribution is -2.32. The summed E-state index contributed by atoms with van der Waals surface area (Å²) >= 11 is 0. The minimum Gasteiger partial charge on any atom is -0.442 e. The summed E-state index contributed by atoms with van der Waals surface area (Å²) in [5.41, 5.74) is 1.80. The number of carbonyl (C=O) groups excluding carboxylic acids is 1. The number of ether oxygens (including phenoxy) is 1. The topological polar surface area (TPSA) is 47.6 Å². The van der Waals surface area contributed by atoms with E-state index in [2.05, 4.69) is 12.4 Å². The van der Waals surface area contributed by atoms with E-state index in [0.29, 0.717) is 6.61 Å². The van der Waals surface area contributed by atoms with Gasteiger partial charge in [-0.05, 0) is 27.2 Å². The van der Waals surface area contributed by atoms with Gasteiger partial charge in [-0.15, -0.1) is 0 Å². The molecule has 0 aromatic rings. The van der Waals surface area contributed by atoms with Crippen molar-refractivity contribution in [2.75, 3.05) is 6.61 Å². The summed E-state index contributed by atoms with van der Waals surface area (Å²) < 4.78 is 5.02. The number of amides is 1. The van der Waals surface area contributed by atoms with Crippen LogP contribution in [0.15, 0.2) is 0 Å². The Morgan fingerprint density at radius 2 is 1.65 bits per heavy atom. The van der Waals surface area contributed by atoms with E-state index in [-0.39, 0.29) is 0 Å². The molecule has 0 heterocycles. The first-order chi connectivity index (χ1) is 7.95. The van der Waals surface area contributed by atoms with Gasteiger partial charge in [0, 0.05) is 0 Å². The molecule has 102 valence electrons. The smallest absolute Gasteiger partial charge is 0.431 e. The molecular formula is C13H27NO3. The Kier molecular flexibility index (Phi) is 8.86. The van der Waals surface area contributed by atoms with Crippen molar-refractivity contribution >= 4 is 6.09 Å². The molecule has 4 heteroatoms. The fourth-order valence-electron chi connectivity index (χ4n) is 1.36. The van der Waals surface area contributed by atoms with E-state index in [0.717, 1.165) is 12.8 Å². The van der Waals surface area contributed by atoms with Crippen molar-refractivity contribution in [3.63, 3.8) is 0 Å². The van der Waals surface area contributed by atoms with Crippen LogP contribution in [-0.2, 0) is 9.57 Å². The lowest BCUT2D eigenvalue weighted by molar-refractivity contribution is -0.00860. The van der Waals surface area contributed by atoms with Crippen molar-refractivity contribution in [2.45, 2.75) is 71.8 Å². The van der Waals surface area contributed by atoms with Crippen molar-refractivity contribution in [2.24, 2.45) is 0 Å². The van der Waals surface area contributed by atoms with Gasteiger partial charge >= 0.3 is 6.09 Å². The molecule has 0 aromatic carbocycles. The van der Waals surface area contributed by atoms with Crippen LogP contribution in [0.5, 0.6) is 0 Å². The SMILES string of the molecule is CCCCCCCCONC(=O)OC(C)(C)C. The first-order valence-electron chi connectivity index (χ1n) is 6.56. The Morgan fingerprint density at radius 1 is 1.06 bits per heavy atom. The highest BCUT2D eigenvalue weighted by atomic mass is 16.7. The Balaban J connectivity index is 3.25. The van der Waals surface area contributed by atoms with Gasteiger partial charge in [0.05, 0.1) is 6.61 Å². The van der Waals surface area contributed by atoms with Crippen LogP contribution < -0.4 is 5.48 Å². The summed E-state index contributed by atoms with van der Waals surface area (Å²) in [6.07, 6.45) is 6.69. The summed E-state index contributed by atoms with van der Waals surface area (Å²) in [6.45, 7) is 8.21. The van der Waals surface area contributed by atoms with Crippen LogP contribution in [0.1, 0.15) is 66.2 Å². The van der Waals surface area contributed by atoms with Crippen molar-refractivity contribution < 1.29 is 14.4 Å². The van der Waals surface area contributed by atoms with Crippen molar-refractivity contribution in [3.8, 4) is 0 Å². The maximum absolute atomic E-state index is 11.2. The molecule has 0 aliphatic carbocycles. The third-order valence-corrected chi connectivity index (χ3v) is 2.15. The molecule has 17 heavy (non-hydrogen) atoms. The minimum atomic E-state index is -0.525. The van der Waals surface area contributed by atoms with Crippen LogP contribution in [0.4, 0.5) is 4.79 Å². The molecule has 4 nitrogen and oxygen atoms in total. The molecule has 0 fully saturated rings. The predicted octanol–water partition coefficient (Wildman–Crippen LogP) is 3.80. The zero-order chi connectivity index (χ0) is 13.1. The van der Waals surface area contributed by atoms with E-state index in [1.807, 2.05) is 20.8 Å². The number of unbranched alkanes of at least 4 members (excludes halogenated alkanes) is 5. The van der Waals surface area contributed by atoms with Gasteiger partial charge in [-0.25, -0.2) is 4.79 Å². The Morgan fingerprint density at radius 3 is 2.24 bits per heavy atom. The van der Waals surface area contributed by atoms with Gasteiger partial charge in [-0.2, -0.15) is 5.48 Å². The van der Waals surface area contributed by atoms with Crippen molar-refractivity contribution in [1.29, 1.82) is 0 Å². The van der Waals surface area contributed by atoms with E-state index in [1.54, 1.807) is 0 Å². The van der Waals surface area contributed by atoms with Crippen LogP contribution in [0.2, 0.25) is 0 Å². The quantitative estimate of drug-likeness (QED) is 0.522. The molecule has 0 rings (SSSR count). The molecule has 0 bridgehead atoms. The lowest BCUT2D eigenvalue weighted by atomic mass is 10.1. The van der Waals surface area contributed by atoms with E-state index in [1.165, 1.54) is 25.7 Å². The molecular weight excluding hydrogens is 218 g/mol. The van der Waals surface area contributed by atoms with Gasteiger partial charge in [-0.1, -0.05) is 39.0 Å². The van der Waals surface area contributed by atoms with Crippen LogP contribution in [0.25, 0.3) is 0 Å². The van der Waals surface area contributed by atoms with Crippen molar-refractivity contribution in [3.05, 3.63) is 0 Å². The second kappa shape index (κ2) is 9.28. The minimum absolute atomic E-state index is 0.479. The van der Waals surface area contributed by atoms with Gasteiger partial charge in [0.1, 0.15) is 5.60 Å². The van der Waals surface area contributed by atoms with Gasteiger partial charge < -0.3 is 4.74 Å². The Labute approximate surface area is 105 Å². The summed E-state index contributed by atoms with van der Waals surface area (Å²) in [4.78, 5) is 16.2. The monoisotopic (exact) mass is 245 g/mol. The van der Waals surface area contributed by atoms with E-state index in [4.69, 9.17) is 9.57 Å². The molecule has 0 saturated carbocycles. The first-order valence-corrected chi connectivity index (χ1v) is 6.56. The molecule has 0 radical (unpaired) electrons. The molecule has 0 saturated heterocycles.